The lowest BCUT2D eigenvalue weighted by molar-refractivity contribution is -0.137. The predicted molar refractivity (Wildman–Crippen MR) is 71.8 cm³/mol. The predicted octanol–water partition coefficient (Wildman–Crippen LogP) is 3.73. The highest BCUT2D eigenvalue weighted by molar-refractivity contribution is 7.99. The van der Waals surface area contributed by atoms with Gasteiger partial charge in [0.2, 0.25) is 0 Å². The summed E-state index contributed by atoms with van der Waals surface area (Å²) in [6.45, 7) is 3.76. The van der Waals surface area contributed by atoms with Crippen molar-refractivity contribution in [2.75, 3.05) is 0 Å². The lowest BCUT2D eigenvalue weighted by Crippen LogP contribution is -2.22. The Morgan fingerprint density at radius 2 is 2.12 bits per heavy atom. The summed E-state index contributed by atoms with van der Waals surface area (Å²) in [6, 6.07) is 3.42. The van der Waals surface area contributed by atoms with Gasteiger partial charge in [-0.05, 0) is 17.5 Å². The molecular formula is C11H13Cl2NO2S. The SMILES string of the molecule is CC(C)C(SCc1ccc(Cl)nc1Cl)C(=O)O. The summed E-state index contributed by atoms with van der Waals surface area (Å²) in [5.41, 5.74) is 0.799. The molecule has 0 aliphatic heterocycles. The van der Waals surface area contributed by atoms with Crippen molar-refractivity contribution in [1.29, 1.82) is 0 Å². The molecule has 1 aromatic rings. The van der Waals surface area contributed by atoms with Crippen LogP contribution in [0.25, 0.3) is 0 Å². The fourth-order valence-electron chi connectivity index (χ4n) is 1.28. The molecule has 0 bridgehead atoms. The Hall–Kier alpha value is -0.450. The van der Waals surface area contributed by atoms with E-state index < -0.39 is 11.2 Å². The van der Waals surface area contributed by atoms with E-state index in [4.69, 9.17) is 28.3 Å². The van der Waals surface area contributed by atoms with Gasteiger partial charge in [-0.1, -0.05) is 43.1 Å². The third-order valence-corrected chi connectivity index (χ3v) is 4.28. The number of rotatable bonds is 5. The van der Waals surface area contributed by atoms with Crippen molar-refractivity contribution in [3.8, 4) is 0 Å². The molecule has 1 atom stereocenters. The van der Waals surface area contributed by atoms with Gasteiger partial charge in [0, 0.05) is 5.75 Å². The first-order valence-electron chi connectivity index (χ1n) is 5.07. The Balaban J connectivity index is 2.69. The van der Waals surface area contributed by atoms with Gasteiger partial charge in [-0.15, -0.1) is 11.8 Å². The van der Waals surface area contributed by atoms with Crippen LogP contribution in [-0.4, -0.2) is 21.3 Å². The fraction of sp³-hybridized carbons (Fsp3) is 0.455. The lowest BCUT2D eigenvalue weighted by atomic mass is 10.1. The second-order valence-electron chi connectivity index (χ2n) is 3.90. The number of thioether (sulfide) groups is 1. The van der Waals surface area contributed by atoms with Crippen LogP contribution in [0.5, 0.6) is 0 Å². The second-order valence-corrected chi connectivity index (χ2v) is 5.77. The molecule has 0 saturated carbocycles. The molecule has 0 radical (unpaired) electrons. The molecule has 0 amide bonds. The first-order valence-corrected chi connectivity index (χ1v) is 6.87. The van der Waals surface area contributed by atoms with Crippen LogP contribution in [0.2, 0.25) is 10.3 Å². The summed E-state index contributed by atoms with van der Waals surface area (Å²) < 4.78 is 0. The molecular weight excluding hydrogens is 281 g/mol. The molecule has 1 unspecified atom stereocenters. The van der Waals surface area contributed by atoms with Gasteiger partial charge in [0.25, 0.3) is 0 Å². The number of hydrogen-bond acceptors (Lipinski definition) is 3. The van der Waals surface area contributed by atoms with Crippen molar-refractivity contribution in [2.45, 2.75) is 24.9 Å². The number of nitrogens with zero attached hydrogens (tertiary/aromatic N) is 1. The van der Waals surface area contributed by atoms with Gasteiger partial charge < -0.3 is 5.11 Å². The fourth-order valence-corrected chi connectivity index (χ4v) is 2.89. The Labute approximate surface area is 115 Å². The molecule has 1 aromatic heterocycles. The number of carbonyl (C=O) groups is 1. The summed E-state index contributed by atoms with van der Waals surface area (Å²) >= 11 is 12.9. The van der Waals surface area contributed by atoms with Crippen LogP contribution in [0.1, 0.15) is 19.4 Å². The molecule has 0 saturated heterocycles. The van der Waals surface area contributed by atoms with Gasteiger partial charge in [-0.3, -0.25) is 4.79 Å². The molecule has 6 heteroatoms. The summed E-state index contributed by atoms with van der Waals surface area (Å²) in [7, 11) is 0. The monoisotopic (exact) mass is 293 g/mol. The zero-order valence-corrected chi connectivity index (χ0v) is 11.8. The smallest absolute Gasteiger partial charge is 0.316 e. The van der Waals surface area contributed by atoms with Crippen molar-refractivity contribution in [3.05, 3.63) is 28.0 Å². The normalized spacial score (nSPS) is 12.8. The molecule has 1 rings (SSSR count). The van der Waals surface area contributed by atoms with Crippen LogP contribution in [0.15, 0.2) is 12.1 Å². The highest BCUT2D eigenvalue weighted by Gasteiger charge is 2.22. The van der Waals surface area contributed by atoms with E-state index in [2.05, 4.69) is 4.98 Å². The van der Waals surface area contributed by atoms with Crippen LogP contribution in [-0.2, 0) is 10.5 Å². The maximum Gasteiger partial charge on any atom is 0.316 e. The van der Waals surface area contributed by atoms with Crippen molar-refractivity contribution >= 4 is 40.9 Å². The lowest BCUT2D eigenvalue weighted by Gasteiger charge is -2.15. The van der Waals surface area contributed by atoms with E-state index >= 15 is 0 Å². The topological polar surface area (TPSA) is 50.2 Å². The van der Waals surface area contributed by atoms with Gasteiger partial charge >= 0.3 is 5.97 Å². The average molecular weight is 294 g/mol. The van der Waals surface area contributed by atoms with Crippen LogP contribution < -0.4 is 0 Å². The Bertz CT molecular complexity index is 412. The minimum Gasteiger partial charge on any atom is -0.480 e. The summed E-state index contributed by atoms with van der Waals surface area (Å²) in [6.07, 6.45) is 0. The minimum absolute atomic E-state index is 0.0662. The number of aliphatic carboxylic acids is 1. The van der Waals surface area contributed by atoms with Crippen LogP contribution in [0.4, 0.5) is 0 Å². The highest BCUT2D eigenvalue weighted by atomic mass is 35.5. The van der Waals surface area contributed by atoms with Crippen molar-refractivity contribution in [1.82, 2.24) is 4.98 Å². The van der Waals surface area contributed by atoms with Crippen LogP contribution in [0.3, 0.4) is 0 Å². The standard InChI is InChI=1S/C11H13Cl2NO2S/c1-6(2)9(11(15)16)17-5-7-3-4-8(12)14-10(7)13/h3-4,6,9H,5H2,1-2H3,(H,15,16). The van der Waals surface area contributed by atoms with Crippen molar-refractivity contribution < 1.29 is 9.90 Å². The second kappa shape index (κ2) is 6.47. The van der Waals surface area contributed by atoms with Crippen LogP contribution >= 0.6 is 35.0 Å². The molecule has 0 aliphatic carbocycles. The third kappa shape index (κ3) is 4.37. The number of carboxylic acid groups (broad SMARTS) is 1. The van der Waals surface area contributed by atoms with E-state index in [0.29, 0.717) is 16.1 Å². The molecule has 0 fully saturated rings. The van der Waals surface area contributed by atoms with Gasteiger partial charge in [0.1, 0.15) is 15.6 Å². The molecule has 0 aromatic carbocycles. The summed E-state index contributed by atoms with van der Waals surface area (Å²) in [5, 5.41) is 9.27. The molecule has 1 heterocycles. The number of aromatic nitrogens is 1. The number of hydrogen-bond donors (Lipinski definition) is 1. The summed E-state index contributed by atoms with van der Waals surface area (Å²) in [4.78, 5) is 14.9. The van der Waals surface area contributed by atoms with E-state index in [0.717, 1.165) is 5.56 Å². The first kappa shape index (κ1) is 14.6. The zero-order chi connectivity index (χ0) is 13.0. The van der Waals surface area contributed by atoms with Crippen molar-refractivity contribution in [3.63, 3.8) is 0 Å². The minimum atomic E-state index is -0.803. The van der Waals surface area contributed by atoms with Gasteiger partial charge in [-0.2, -0.15) is 0 Å². The van der Waals surface area contributed by atoms with Crippen LogP contribution in [0, 0.1) is 5.92 Å². The quantitative estimate of drug-likeness (QED) is 0.841. The van der Waals surface area contributed by atoms with E-state index in [9.17, 15) is 4.79 Å². The Morgan fingerprint density at radius 1 is 1.47 bits per heavy atom. The van der Waals surface area contributed by atoms with E-state index in [1.54, 1.807) is 12.1 Å². The zero-order valence-electron chi connectivity index (χ0n) is 9.48. The molecule has 0 spiro atoms. The summed E-state index contributed by atoms with van der Waals surface area (Å²) in [5.74, 6) is -0.224. The van der Waals surface area contributed by atoms with Crippen molar-refractivity contribution in [2.24, 2.45) is 5.92 Å². The molecule has 17 heavy (non-hydrogen) atoms. The Kier molecular flexibility index (Phi) is 5.56. The molecule has 1 N–H and O–H groups in total. The number of pyridine rings is 1. The van der Waals surface area contributed by atoms with Gasteiger partial charge in [-0.25, -0.2) is 4.98 Å². The highest BCUT2D eigenvalue weighted by Crippen LogP contribution is 2.27. The molecule has 94 valence electrons. The Morgan fingerprint density at radius 3 is 2.59 bits per heavy atom. The first-order chi connectivity index (χ1) is 7.91. The molecule has 3 nitrogen and oxygen atoms in total. The number of carboxylic acids is 1. The van der Waals surface area contributed by atoms with E-state index in [1.807, 2.05) is 13.8 Å². The molecule has 0 aliphatic rings. The van der Waals surface area contributed by atoms with Gasteiger partial charge in [0.05, 0.1) is 0 Å². The third-order valence-electron chi connectivity index (χ3n) is 2.16. The number of halogens is 2. The maximum absolute atomic E-state index is 11.0. The van der Waals surface area contributed by atoms with E-state index in [1.165, 1.54) is 11.8 Å². The van der Waals surface area contributed by atoms with E-state index in [-0.39, 0.29) is 5.92 Å². The average Bonchev–Trinajstić information content (AvgIpc) is 2.20. The maximum atomic E-state index is 11.0. The largest absolute Gasteiger partial charge is 0.480 e. The van der Waals surface area contributed by atoms with Gasteiger partial charge in [0.15, 0.2) is 0 Å².